The number of benzene rings is 1. The molecular weight excluding hydrogens is 204 g/mol. The molecule has 1 aliphatic rings. The molecule has 0 radical (unpaired) electrons. The Morgan fingerprint density at radius 1 is 1.44 bits per heavy atom. The molecule has 2 rings (SSSR count). The molecule has 16 heavy (non-hydrogen) atoms. The number of ether oxygens (including phenoxy) is 1. The maximum Gasteiger partial charge on any atom is 0.414 e. The van der Waals surface area contributed by atoms with Crippen molar-refractivity contribution in [3.8, 4) is 0 Å². The summed E-state index contributed by atoms with van der Waals surface area (Å²) >= 11 is 0. The van der Waals surface area contributed by atoms with Crippen molar-refractivity contribution in [3.05, 3.63) is 29.8 Å². The van der Waals surface area contributed by atoms with Crippen LogP contribution in [0.15, 0.2) is 24.3 Å². The molecule has 4 nitrogen and oxygen atoms in total. The van der Waals surface area contributed by atoms with Gasteiger partial charge in [0.15, 0.2) is 0 Å². The van der Waals surface area contributed by atoms with E-state index in [2.05, 4.69) is 0 Å². The second kappa shape index (κ2) is 4.53. The van der Waals surface area contributed by atoms with Crippen molar-refractivity contribution in [1.29, 1.82) is 0 Å². The van der Waals surface area contributed by atoms with Gasteiger partial charge in [0.1, 0.15) is 6.10 Å². The van der Waals surface area contributed by atoms with Crippen LogP contribution in [-0.4, -0.2) is 25.3 Å². The summed E-state index contributed by atoms with van der Waals surface area (Å²) in [7, 11) is 0. The summed E-state index contributed by atoms with van der Waals surface area (Å²) in [5.74, 6) is 0. The fourth-order valence-corrected chi connectivity index (χ4v) is 1.79. The quantitative estimate of drug-likeness (QED) is 0.843. The minimum absolute atomic E-state index is 0.0706. The molecule has 1 aliphatic heterocycles. The molecule has 1 amide bonds. The Labute approximate surface area is 95.0 Å². The van der Waals surface area contributed by atoms with Crippen molar-refractivity contribution in [2.75, 3.05) is 18.0 Å². The van der Waals surface area contributed by atoms with Crippen LogP contribution in [0.25, 0.3) is 0 Å². The van der Waals surface area contributed by atoms with Crippen molar-refractivity contribution in [1.82, 2.24) is 0 Å². The van der Waals surface area contributed by atoms with E-state index in [1.807, 2.05) is 31.2 Å². The Hall–Kier alpha value is -1.55. The molecule has 1 fully saturated rings. The molecule has 0 saturated carbocycles. The predicted molar refractivity (Wildman–Crippen MR) is 62.5 cm³/mol. The number of nitrogens with two attached hydrogens (primary N) is 1. The fourth-order valence-electron chi connectivity index (χ4n) is 1.79. The van der Waals surface area contributed by atoms with E-state index in [0.29, 0.717) is 19.5 Å². The van der Waals surface area contributed by atoms with Crippen LogP contribution in [0.5, 0.6) is 0 Å². The van der Waals surface area contributed by atoms with E-state index >= 15 is 0 Å². The summed E-state index contributed by atoms with van der Waals surface area (Å²) in [6.45, 7) is 3.15. The van der Waals surface area contributed by atoms with Gasteiger partial charge in [-0.1, -0.05) is 17.7 Å². The first-order chi connectivity index (χ1) is 7.70. The number of amides is 1. The standard InChI is InChI=1S/C12H16N2O2/c1-9-2-4-10(5-3-9)14-8-11(6-7-13)16-12(14)15/h2-5,11H,6-8,13H2,1H3. The van der Waals surface area contributed by atoms with Crippen LogP contribution >= 0.6 is 0 Å². The third-order valence-corrected chi connectivity index (χ3v) is 2.71. The fraction of sp³-hybridized carbons (Fsp3) is 0.417. The molecule has 0 aromatic heterocycles. The first-order valence-electron chi connectivity index (χ1n) is 5.45. The number of hydrogen-bond acceptors (Lipinski definition) is 3. The van der Waals surface area contributed by atoms with Gasteiger partial charge >= 0.3 is 6.09 Å². The van der Waals surface area contributed by atoms with E-state index in [1.165, 1.54) is 5.56 Å². The van der Waals surface area contributed by atoms with Crippen LogP contribution < -0.4 is 10.6 Å². The van der Waals surface area contributed by atoms with E-state index in [9.17, 15) is 4.79 Å². The van der Waals surface area contributed by atoms with Crippen LogP contribution in [0.1, 0.15) is 12.0 Å². The highest BCUT2D eigenvalue weighted by Gasteiger charge is 2.31. The van der Waals surface area contributed by atoms with Gasteiger partial charge in [0.05, 0.1) is 6.54 Å². The molecule has 4 heteroatoms. The Bertz CT molecular complexity index is 375. The van der Waals surface area contributed by atoms with Gasteiger partial charge in [-0.2, -0.15) is 0 Å². The lowest BCUT2D eigenvalue weighted by Crippen LogP contribution is -2.25. The lowest BCUT2D eigenvalue weighted by atomic mass is 10.2. The highest BCUT2D eigenvalue weighted by molar-refractivity contribution is 5.89. The third kappa shape index (κ3) is 2.17. The van der Waals surface area contributed by atoms with Gasteiger partial charge in [-0.05, 0) is 32.0 Å². The summed E-state index contributed by atoms with van der Waals surface area (Å²) in [6, 6.07) is 7.83. The molecule has 2 N–H and O–H groups in total. The lowest BCUT2D eigenvalue weighted by Gasteiger charge is -2.12. The lowest BCUT2D eigenvalue weighted by molar-refractivity contribution is 0.138. The topological polar surface area (TPSA) is 55.6 Å². The van der Waals surface area contributed by atoms with E-state index in [-0.39, 0.29) is 12.2 Å². The molecule has 0 spiro atoms. The van der Waals surface area contributed by atoms with Crippen molar-refractivity contribution >= 4 is 11.8 Å². The molecule has 1 aromatic carbocycles. The Morgan fingerprint density at radius 3 is 2.75 bits per heavy atom. The van der Waals surface area contributed by atoms with Crippen LogP contribution in [0, 0.1) is 6.92 Å². The summed E-state index contributed by atoms with van der Waals surface area (Å²) < 4.78 is 5.21. The summed E-state index contributed by atoms with van der Waals surface area (Å²) in [5.41, 5.74) is 7.51. The minimum Gasteiger partial charge on any atom is -0.444 e. The number of hydrogen-bond donors (Lipinski definition) is 1. The zero-order valence-electron chi connectivity index (χ0n) is 9.35. The van der Waals surface area contributed by atoms with Crippen molar-refractivity contribution in [2.45, 2.75) is 19.4 Å². The molecule has 1 unspecified atom stereocenters. The molecule has 1 atom stereocenters. The van der Waals surface area contributed by atoms with Gasteiger partial charge in [-0.15, -0.1) is 0 Å². The van der Waals surface area contributed by atoms with Gasteiger partial charge in [-0.25, -0.2) is 4.79 Å². The van der Waals surface area contributed by atoms with Crippen LogP contribution in [0.4, 0.5) is 10.5 Å². The van der Waals surface area contributed by atoms with E-state index < -0.39 is 0 Å². The molecule has 1 aromatic rings. The number of cyclic esters (lactones) is 1. The highest BCUT2D eigenvalue weighted by Crippen LogP contribution is 2.22. The van der Waals surface area contributed by atoms with E-state index in [1.54, 1.807) is 4.90 Å². The van der Waals surface area contributed by atoms with Gasteiger partial charge in [0.25, 0.3) is 0 Å². The number of aryl methyl sites for hydroxylation is 1. The van der Waals surface area contributed by atoms with Gasteiger partial charge in [-0.3, -0.25) is 4.90 Å². The van der Waals surface area contributed by atoms with E-state index in [0.717, 1.165) is 5.69 Å². The molecule has 1 saturated heterocycles. The number of nitrogens with zero attached hydrogens (tertiary/aromatic N) is 1. The second-order valence-electron chi connectivity index (χ2n) is 4.03. The Kier molecular flexibility index (Phi) is 3.10. The monoisotopic (exact) mass is 220 g/mol. The normalized spacial score (nSPS) is 20.0. The number of carbonyl (C=O) groups excluding carboxylic acids is 1. The Morgan fingerprint density at radius 2 is 2.12 bits per heavy atom. The first kappa shape index (κ1) is 11.0. The van der Waals surface area contributed by atoms with E-state index in [4.69, 9.17) is 10.5 Å². The van der Waals surface area contributed by atoms with Gasteiger partial charge < -0.3 is 10.5 Å². The summed E-state index contributed by atoms with van der Waals surface area (Å²) in [4.78, 5) is 13.3. The molecule has 1 heterocycles. The third-order valence-electron chi connectivity index (χ3n) is 2.71. The maximum absolute atomic E-state index is 11.6. The molecule has 0 aliphatic carbocycles. The van der Waals surface area contributed by atoms with Crippen molar-refractivity contribution in [3.63, 3.8) is 0 Å². The minimum atomic E-state index is -0.276. The van der Waals surface area contributed by atoms with Crippen LogP contribution in [0.3, 0.4) is 0 Å². The van der Waals surface area contributed by atoms with Crippen LogP contribution in [-0.2, 0) is 4.74 Å². The summed E-state index contributed by atoms with van der Waals surface area (Å²) in [6.07, 6.45) is 0.370. The van der Waals surface area contributed by atoms with Crippen molar-refractivity contribution in [2.24, 2.45) is 5.73 Å². The second-order valence-corrected chi connectivity index (χ2v) is 4.03. The Balaban J connectivity index is 2.10. The predicted octanol–water partition coefficient (Wildman–Crippen LogP) is 1.67. The average molecular weight is 220 g/mol. The van der Waals surface area contributed by atoms with Gasteiger partial charge in [0, 0.05) is 5.69 Å². The number of rotatable bonds is 3. The number of carbonyl (C=O) groups is 1. The zero-order chi connectivity index (χ0) is 11.5. The zero-order valence-corrected chi connectivity index (χ0v) is 9.35. The molecular formula is C12H16N2O2. The van der Waals surface area contributed by atoms with Crippen molar-refractivity contribution < 1.29 is 9.53 Å². The molecule has 0 bridgehead atoms. The molecule has 86 valence electrons. The first-order valence-corrected chi connectivity index (χ1v) is 5.45. The maximum atomic E-state index is 11.6. The highest BCUT2D eigenvalue weighted by atomic mass is 16.6. The number of anilines is 1. The average Bonchev–Trinajstić information content (AvgIpc) is 2.61. The SMILES string of the molecule is Cc1ccc(N2CC(CCN)OC2=O)cc1. The largest absolute Gasteiger partial charge is 0.444 e. The van der Waals surface area contributed by atoms with Gasteiger partial charge in [0.2, 0.25) is 0 Å². The smallest absolute Gasteiger partial charge is 0.414 e. The van der Waals surface area contributed by atoms with Crippen LogP contribution in [0.2, 0.25) is 0 Å². The summed E-state index contributed by atoms with van der Waals surface area (Å²) in [5, 5.41) is 0.